The number of aryl methyl sites for hydroxylation is 1. The van der Waals surface area contributed by atoms with Gasteiger partial charge < -0.3 is 5.73 Å². The van der Waals surface area contributed by atoms with Gasteiger partial charge >= 0.3 is 0 Å². The van der Waals surface area contributed by atoms with Crippen LogP contribution < -0.4 is 5.73 Å². The fraction of sp³-hybridized carbons (Fsp3) is 0.667. The second kappa shape index (κ2) is 5.69. The van der Waals surface area contributed by atoms with Gasteiger partial charge in [-0.15, -0.1) is 11.3 Å². The van der Waals surface area contributed by atoms with Crippen molar-refractivity contribution in [2.45, 2.75) is 25.8 Å². The van der Waals surface area contributed by atoms with Gasteiger partial charge in [-0.05, 0) is 30.2 Å². The normalized spacial score (nSPS) is 26.3. The lowest BCUT2D eigenvalue weighted by molar-refractivity contribution is 0.250. The summed E-state index contributed by atoms with van der Waals surface area (Å²) in [7, 11) is -3.13. The Morgan fingerprint density at radius 1 is 1.56 bits per heavy atom. The van der Waals surface area contributed by atoms with Gasteiger partial charge in [-0.3, -0.25) is 0 Å². The van der Waals surface area contributed by atoms with Crippen LogP contribution >= 0.6 is 11.3 Å². The first-order valence-electron chi connectivity index (χ1n) is 6.25. The Balaban J connectivity index is 1.94. The molecule has 1 saturated heterocycles. The maximum atomic E-state index is 12.2. The summed E-state index contributed by atoms with van der Waals surface area (Å²) in [4.78, 5) is 1.13. The molecule has 6 heteroatoms. The van der Waals surface area contributed by atoms with E-state index in [0.29, 0.717) is 19.5 Å². The van der Waals surface area contributed by atoms with E-state index >= 15 is 0 Å². The van der Waals surface area contributed by atoms with Crippen LogP contribution in [0, 0.1) is 5.92 Å². The first-order chi connectivity index (χ1) is 8.49. The third kappa shape index (κ3) is 3.32. The van der Waals surface area contributed by atoms with Crippen molar-refractivity contribution in [3.8, 4) is 0 Å². The summed E-state index contributed by atoms with van der Waals surface area (Å²) in [5.41, 5.74) is 5.92. The predicted octanol–water partition coefficient (Wildman–Crippen LogP) is 1.29. The maximum Gasteiger partial charge on any atom is 0.214 e. The van der Waals surface area contributed by atoms with Crippen LogP contribution in [0.2, 0.25) is 0 Å². The van der Waals surface area contributed by atoms with Crippen LogP contribution in [0.4, 0.5) is 0 Å². The summed E-state index contributed by atoms with van der Waals surface area (Å²) in [5.74, 6) is 0.449. The molecule has 2 rings (SSSR count). The fourth-order valence-electron chi connectivity index (χ4n) is 2.19. The van der Waals surface area contributed by atoms with E-state index in [1.54, 1.807) is 15.6 Å². The van der Waals surface area contributed by atoms with E-state index in [1.165, 1.54) is 0 Å². The average Bonchev–Trinajstić information content (AvgIpc) is 2.83. The molecule has 0 aliphatic carbocycles. The van der Waals surface area contributed by atoms with Gasteiger partial charge in [0, 0.05) is 24.0 Å². The smallest absolute Gasteiger partial charge is 0.214 e. The Labute approximate surface area is 113 Å². The summed E-state index contributed by atoms with van der Waals surface area (Å²) in [6, 6.07) is 4.07. The number of hydrogen-bond donors (Lipinski definition) is 1. The number of hydrogen-bond acceptors (Lipinski definition) is 4. The van der Waals surface area contributed by atoms with Gasteiger partial charge in [-0.25, -0.2) is 12.7 Å². The Hall–Kier alpha value is -0.430. The molecule has 0 bridgehead atoms. The molecule has 1 aromatic heterocycles. The summed E-state index contributed by atoms with van der Waals surface area (Å²) < 4.78 is 26.1. The predicted molar refractivity (Wildman–Crippen MR) is 75.1 cm³/mol. The number of rotatable bonds is 4. The second-order valence-corrected chi connectivity index (χ2v) is 8.05. The van der Waals surface area contributed by atoms with Crippen molar-refractivity contribution in [1.29, 1.82) is 0 Å². The third-order valence-electron chi connectivity index (χ3n) is 3.51. The molecular formula is C12H20N2O2S2. The number of nitrogens with zero attached hydrogens (tertiary/aromatic N) is 1. The molecule has 2 N–H and O–H groups in total. The van der Waals surface area contributed by atoms with Gasteiger partial charge in [-0.1, -0.05) is 13.0 Å². The zero-order valence-corrected chi connectivity index (χ0v) is 12.2. The third-order valence-corrected chi connectivity index (χ3v) is 6.29. The molecule has 1 aliphatic heterocycles. The van der Waals surface area contributed by atoms with Crippen molar-refractivity contribution in [2.24, 2.45) is 11.7 Å². The molecule has 2 heterocycles. The zero-order chi connectivity index (χ0) is 13.2. The Morgan fingerprint density at radius 2 is 2.33 bits per heavy atom. The molecule has 0 spiro atoms. The maximum absolute atomic E-state index is 12.2. The Bertz CT molecular complexity index is 470. The quantitative estimate of drug-likeness (QED) is 0.908. The highest BCUT2D eigenvalue weighted by atomic mass is 32.2. The van der Waals surface area contributed by atoms with Crippen molar-refractivity contribution in [3.05, 3.63) is 22.4 Å². The van der Waals surface area contributed by atoms with E-state index in [9.17, 15) is 8.42 Å². The van der Waals surface area contributed by atoms with Crippen LogP contribution in [0.1, 0.15) is 18.2 Å². The van der Waals surface area contributed by atoms with Crippen molar-refractivity contribution in [3.63, 3.8) is 0 Å². The molecule has 0 saturated carbocycles. The summed E-state index contributed by atoms with van der Waals surface area (Å²) in [6.07, 6.45) is 1.37. The van der Waals surface area contributed by atoms with Crippen molar-refractivity contribution >= 4 is 21.4 Å². The van der Waals surface area contributed by atoms with Gasteiger partial charge in [-0.2, -0.15) is 0 Å². The molecule has 0 amide bonds. The van der Waals surface area contributed by atoms with E-state index in [-0.39, 0.29) is 17.7 Å². The van der Waals surface area contributed by atoms with Crippen LogP contribution in [0.15, 0.2) is 17.5 Å². The van der Waals surface area contributed by atoms with Crippen LogP contribution in [0.25, 0.3) is 0 Å². The number of sulfonamides is 1. The lowest BCUT2D eigenvalue weighted by Crippen LogP contribution is -2.48. The van der Waals surface area contributed by atoms with Crippen molar-refractivity contribution in [1.82, 2.24) is 4.31 Å². The number of thiophene rings is 1. The van der Waals surface area contributed by atoms with Gasteiger partial charge in [0.05, 0.1) is 5.75 Å². The zero-order valence-electron chi connectivity index (χ0n) is 10.6. The monoisotopic (exact) mass is 288 g/mol. The van der Waals surface area contributed by atoms with E-state index in [2.05, 4.69) is 0 Å². The highest BCUT2D eigenvalue weighted by Gasteiger charge is 2.30. The van der Waals surface area contributed by atoms with Gasteiger partial charge in [0.2, 0.25) is 10.0 Å². The molecule has 2 unspecified atom stereocenters. The summed E-state index contributed by atoms with van der Waals surface area (Å²) in [6.45, 7) is 3.15. The lowest BCUT2D eigenvalue weighted by Gasteiger charge is -2.34. The topological polar surface area (TPSA) is 63.4 Å². The van der Waals surface area contributed by atoms with E-state index in [0.717, 1.165) is 11.3 Å². The van der Waals surface area contributed by atoms with Gasteiger partial charge in [0.1, 0.15) is 0 Å². The van der Waals surface area contributed by atoms with E-state index in [4.69, 9.17) is 5.73 Å². The molecule has 18 heavy (non-hydrogen) atoms. The molecule has 1 aromatic rings. The minimum atomic E-state index is -3.13. The van der Waals surface area contributed by atoms with Crippen molar-refractivity contribution in [2.75, 3.05) is 18.8 Å². The van der Waals surface area contributed by atoms with E-state index < -0.39 is 10.0 Å². The molecule has 1 aliphatic rings. The van der Waals surface area contributed by atoms with Crippen LogP contribution in [0.3, 0.4) is 0 Å². The van der Waals surface area contributed by atoms with Crippen LogP contribution in [-0.4, -0.2) is 37.6 Å². The number of nitrogens with two attached hydrogens (primary N) is 1. The molecule has 102 valence electrons. The summed E-state index contributed by atoms with van der Waals surface area (Å²) in [5, 5.41) is 1.98. The van der Waals surface area contributed by atoms with Crippen LogP contribution in [0.5, 0.6) is 0 Å². The van der Waals surface area contributed by atoms with Gasteiger partial charge in [0.15, 0.2) is 0 Å². The molecule has 0 radical (unpaired) electrons. The lowest BCUT2D eigenvalue weighted by atomic mass is 9.96. The molecule has 4 nitrogen and oxygen atoms in total. The molecule has 2 atom stereocenters. The molecular weight excluding hydrogens is 268 g/mol. The highest BCUT2D eigenvalue weighted by Crippen LogP contribution is 2.19. The average molecular weight is 288 g/mol. The second-order valence-electron chi connectivity index (χ2n) is 4.93. The van der Waals surface area contributed by atoms with Crippen molar-refractivity contribution < 1.29 is 8.42 Å². The molecule has 0 aromatic carbocycles. The largest absolute Gasteiger partial charge is 0.327 e. The summed E-state index contributed by atoms with van der Waals surface area (Å²) >= 11 is 1.61. The number of piperidine rings is 1. The van der Waals surface area contributed by atoms with Gasteiger partial charge in [0.25, 0.3) is 0 Å². The van der Waals surface area contributed by atoms with Crippen LogP contribution in [-0.2, 0) is 16.4 Å². The standard InChI is InChI=1S/C12H20N2O2S2/c1-10-9-14(6-4-12(10)13)18(15,16)8-5-11-3-2-7-17-11/h2-3,7,10,12H,4-6,8-9,13H2,1H3. The Kier molecular flexibility index (Phi) is 4.42. The Morgan fingerprint density at radius 3 is 2.94 bits per heavy atom. The minimum absolute atomic E-state index is 0.133. The minimum Gasteiger partial charge on any atom is -0.327 e. The highest BCUT2D eigenvalue weighted by molar-refractivity contribution is 7.89. The first kappa shape index (κ1) is 14.0. The SMILES string of the molecule is CC1CN(S(=O)(=O)CCc2cccs2)CCC1N. The van der Waals surface area contributed by atoms with E-state index in [1.807, 2.05) is 24.4 Å². The fourth-order valence-corrected chi connectivity index (χ4v) is 4.61. The molecule has 1 fully saturated rings. The first-order valence-corrected chi connectivity index (χ1v) is 8.74.